The fraction of sp³-hybridized carbons (Fsp3) is 0.545. The molecule has 0 aromatic carbocycles. The largest absolute Gasteiger partial charge is 0.458 e. The monoisotopic (exact) mass is 208 g/mol. The van der Waals surface area contributed by atoms with Crippen LogP contribution in [0.5, 0.6) is 0 Å². The molecule has 0 unspecified atom stereocenters. The van der Waals surface area contributed by atoms with Crippen LogP contribution in [-0.4, -0.2) is 16.6 Å². The lowest BCUT2D eigenvalue weighted by atomic mass is 10.4. The number of carbonyl (C=O) groups excluding carboxylic acids is 1. The van der Waals surface area contributed by atoms with Gasteiger partial charge in [0.05, 0.1) is 11.8 Å². The van der Waals surface area contributed by atoms with Gasteiger partial charge in [-0.05, 0) is 32.8 Å². The number of anilines is 1. The third-order valence-corrected chi connectivity index (χ3v) is 2.36. The molecule has 1 heterocycles. The molecule has 0 saturated heterocycles. The third-order valence-electron chi connectivity index (χ3n) is 2.36. The predicted octanol–water partition coefficient (Wildman–Crippen LogP) is 1.97. The zero-order chi connectivity index (χ0) is 11.0. The number of nitrogens with zero attached hydrogens (tertiary/aromatic N) is 1. The standard InChI is InChI=1S/C11H16N2O2/c1-7(2)15-11(14)10-5-8(12)6-13(10)9-3-4-9/h5-7,9H,3-4,12H2,1-2H3. The summed E-state index contributed by atoms with van der Waals surface area (Å²) in [7, 11) is 0. The van der Waals surface area contributed by atoms with Crippen molar-refractivity contribution in [3.63, 3.8) is 0 Å². The van der Waals surface area contributed by atoms with Crippen LogP contribution in [-0.2, 0) is 4.74 Å². The molecule has 0 radical (unpaired) electrons. The second kappa shape index (κ2) is 3.61. The molecule has 1 fully saturated rings. The molecule has 2 rings (SSSR count). The minimum Gasteiger partial charge on any atom is -0.458 e. The molecule has 15 heavy (non-hydrogen) atoms. The van der Waals surface area contributed by atoms with Crippen molar-refractivity contribution >= 4 is 11.7 Å². The van der Waals surface area contributed by atoms with Crippen molar-refractivity contribution < 1.29 is 9.53 Å². The molecule has 4 nitrogen and oxygen atoms in total. The van der Waals surface area contributed by atoms with Crippen LogP contribution in [0.15, 0.2) is 12.3 Å². The normalized spacial score (nSPS) is 15.7. The van der Waals surface area contributed by atoms with E-state index in [1.807, 2.05) is 24.6 Å². The Labute approximate surface area is 89.0 Å². The maximum absolute atomic E-state index is 11.7. The van der Waals surface area contributed by atoms with Gasteiger partial charge in [0.2, 0.25) is 0 Å². The summed E-state index contributed by atoms with van der Waals surface area (Å²) >= 11 is 0. The molecule has 1 aromatic rings. The minimum absolute atomic E-state index is 0.0960. The first kappa shape index (κ1) is 10.1. The number of aromatic nitrogens is 1. The number of carbonyl (C=O) groups is 1. The second-order valence-electron chi connectivity index (χ2n) is 4.25. The Bertz CT molecular complexity index is 378. The molecular weight excluding hydrogens is 192 g/mol. The zero-order valence-electron chi connectivity index (χ0n) is 9.06. The van der Waals surface area contributed by atoms with Crippen molar-refractivity contribution in [3.05, 3.63) is 18.0 Å². The quantitative estimate of drug-likeness (QED) is 0.772. The van der Waals surface area contributed by atoms with E-state index in [1.165, 1.54) is 0 Å². The lowest BCUT2D eigenvalue weighted by molar-refractivity contribution is 0.0365. The minimum atomic E-state index is -0.284. The van der Waals surface area contributed by atoms with Crippen molar-refractivity contribution in [2.45, 2.75) is 38.8 Å². The van der Waals surface area contributed by atoms with Gasteiger partial charge >= 0.3 is 5.97 Å². The fourth-order valence-electron chi connectivity index (χ4n) is 1.59. The number of nitrogen functional groups attached to an aromatic ring is 1. The molecule has 2 N–H and O–H groups in total. The summed E-state index contributed by atoms with van der Waals surface area (Å²) in [4.78, 5) is 11.7. The van der Waals surface area contributed by atoms with E-state index in [1.54, 1.807) is 6.07 Å². The van der Waals surface area contributed by atoms with Gasteiger partial charge in [0.15, 0.2) is 0 Å². The van der Waals surface area contributed by atoms with Gasteiger partial charge in [-0.15, -0.1) is 0 Å². The summed E-state index contributed by atoms with van der Waals surface area (Å²) in [6, 6.07) is 2.13. The molecule has 0 aliphatic heterocycles. The summed E-state index contributed by atoms with van der Waals surface area (Å²) in [5.41, 5.74) is 6.88. The van der Waals surface area contributed by atoms with Gasteiger partial charge in [0.1, 0.15) is 5.69 Å². The first-order valence-electron chi connectivity index (χ1n) is 5.26. The number of hydrogen-bond donors (Lipinski definition) is 1. The van der Waals surface area contributed by atoms with Gasteiger partial charge in [-0.25, -0.2) is 4.79 Å². The van der Waals surface area contributed by atoms with E-state index in [0.29, 0.717) is 17.4 Å². The van der Waals surface area contributed by atoms with E-state index >= 15 is 0 Å². The number of rotatable bonds is 3. The smallest absolute Gasteiger partial charge is 0.355 e. The van der Waals surface area contributed by atoms with E-state index in [2.05, 4.69) is 0 Å². The van der Waals surface area contributed by atoms with Crippen molar-refractivity contribution in [3.8, 4) is 0 Å². The van der Waals surface area contributed by atoms with Crippen LogP contribution in [0, 0.1) is 0 Å². The Kier molecular flexibility index (Phi) is 2.42. The summed E-state index contributed by atoms with van der Waals surface area (Å²) < 4.78 is 7.08. The van der Waals surface area contributed by atoms with Gasteiger partial charge < -0.3 is 15.0 Å². The van der Waals surface area contributed by atoms with E-state index in [9.17, 15) is 4.79 Å². The molecule has 0 spiro atoms. The Balaban J connectivity index is 2.22. The van der Waals surface area contributed by atoms with Gasteiger partial charge in [-0.3, -0.25) is 0 Å². The zero-order valence-corrected chi connectivity index (χ0v) is 9.06. The molecule has 82 valence electrons. The molecule has 4 heteroatoms. The van der Waals surface area contributed by atoms with Crippen molar-refractivity contribution in [2.24, 2.45) is 0 Å². The summed E-state index contributed by atoms with van der Waals surface area (Å²) in [6.07, 6.45) is 3.96. The summed E-state index contributed by atoms with van der Waals surface area (Å²) in [5, 5.41) is 0. The lowest BCUT2D eigenvalue weighted by Crippen LogP contribution is -2.15. The van der Waals surface area contributed by atoms with Crippen LogP contribution in [0.25, 0.3) is 0 Å². The van der Waals surface area contributed by atoms with Crippen molar-refractivity contribution in [1.29, 1.82) is 0 Å². The molecule has 1 aliphatic rings. The fourth-order valence-corrected chi connectivity index (χ4v) is 1.59. The van der Waals surface area contributed by atoms with Crippen LogP contribution < -0.4 is 5.73 Å². The highest BCUT2D eigenvalue weighted by molar-refractivity contribution is 5.89. The van der Waals surface area contributed by atoms with Crippen LogP contribution >= 0.6 is 0 Å². The van der Waals surface area contributed by atoms with Gasteiger partial charge in [-0.1, -0.05) is 0 Å². The molecule has 1 aliphatic carbocycles. The number of hydrogen-bond acceptors (Lipinski definition) is 3. The Hall–Kier alpha value is -1.45. The molecule has 0 atom stereocenters. The highest BCUT2D eigenvalue weighted by Gasteiger charge is 2.28. The lowest BCUT2D eigenvalue weighted by Gasteiger charge is -2.09. The Morgan fingerprint density at radius 1 is 1.60 bits per heavy atom. The van der Waals surface area contributed by atoms with Crippen molar-refractivity contribution in [1.82, 2.24) is 4.57 Å². The SMILES string of the molecule is CC(C)OC(=O)c1cc(N)cn1C1CC1. The highest BCUT2D eigenvalue weighted by atomic mass is 16.5. The molecule has 1 saturated carbocycles. The maximum Gasteiger partial charge on any atom is 0.355 e. The first-order chi connectivity index (χ1) is 7.08. The summed E-state index contributed by atoms with van der Waals surface area (Å²) in [5.74, 6) is -0.284. The Morgan fingerprint density at radius 3 is 2.80 bits per heavy atom. The van der Waals surface area contributed by atoms with Crippen LogP contribution in [0.3, 0.4) is 0 Å². The van der Waals surface area contributed by atoms with E-state index in [4.69, 9.17) is 10.5 Å². The second-order valence-corrected chi connectivity index (χ2v) is 4.25. The average Bonchev–Trinajstić information content (AvgIpc) is 2.88. The first-order valence-corrected chi connectivity index (χ1v) is 5.26. The van der Waals surface area contributed by atoms with Gasteiger partial charge in [0, 0.05) is 12.2 Å². The van der Waals surface area contributed by atoms with Gasteiger partial charge in [-0.2, -0.15) is 0 Å². The molecule has 0 amide bonds. The van der Waals surface area contributed by atoms with Crippen molar-refractivity contribution in [2.75, 3.05) is 5.73 Å². The topological polar surface area (TPSA) is 57.2 Å². The maximum atomic E-state index is 11.7. The van der Waals surface area contributed by atoms with Gasteiger partial charge in [0.25, 0.3) is 0 Å². The predicted molar refractivity (Wildman–Crippen MR) is 57.7 cm³/mol. The van der Waals surface area contributed by atoms with Crippen LogP contribution in [0.2, 0.25) is 0 Å². The molecule has 1 aromatic heterocycles. The van der Waals surface area contributed by atoms with E-state index in [0.717, 1.165) is 12.8 Å². The summed E-state index contributed by atoms with van der Waals surface area (Å²) in [6.45, 7) is 3.68. The average molecular weight is 208 g/mol. The molecule has 0 bridgehead atoms. The van der Waals surface area contributed by atoms with E-state index < -0.39 is 0 Å². The van der Waals surface area contributed by atoms with Crippen LogP contribution in [0.4, 0.5) is 5.69 Å². The van der Waals surface area contributed by atoms with Crippen LogP contribution in [0.1, 0.15) is 43.2 Å². The third kappa shape index (κ3) is 2.14. The molecular formula is C11H16N2O2. The number of ether oxygens (including phenoxy) is 1. The highest BCUT2D eigenvalue weighted by Crippen LogP contribution is 2.37. The Morgan fingerprint density at radius 2 is 2.27 bits per heavy atom. The number of nitrogens with two attached hydrogens (primary N) is 1. The van der Waals surface area contributed by atoms with E-state index in [-0.39, 0.29) is 12.1 Å². The number of esters is 1.